The van der Waals surface area contributed by atoms with Crippen LogP contribution in [0.5, 0.6) is 0 Å². The second-order valence-electron chi connectivity index (χ2n) is 2.11. The van der Waals surface area contributed by atoms with Crippen LogP contribution in [0.1, 0.15) is 11.3 Å². The molecule has 9 heavy (non-hydrogen) atoms. The molecule has 0 aliphatic carbocycles. The van der Waals surface area contributed by atoms with E-state index in [-0.39, 0.29) is 0 Å². The van der Waals surface area contributed by atoms with E-state index in [0.29, 0.717) is 0 Å². The predicted octanol–water partition coefficient (Wildman–Crippen LogP) is 0.0798. The molecule has 46 valence electrons. The van der Waals surface area contributed by atoms with Gasteiger partial charge in [-0.1, -0.05) is 0 Å². The minimum atomic E-state index is 0.878. The molecular weight excluding hydrogens is 114 g/mol. The fraction of sp³-hybridized carbons (Fsp3) is 0.333. The molecule has 1 aliphatic heterocycles. The number of rotatable bonds is 0. The van der Waals surface area contributed by atoms with E-state index in [1.165, 1.54) is 5.56 Å². The van der Waals surface area contributed by atoms with Crippen LogP contribution < -0.4 is 5.32 Å². The lowest BCUT2D eigenvalue weighted by Crippen LogP contribution is -2.00. The van der Waals surface area contributed by atoms with Crippen molar-refractivity contribution < 1.29 is 0 Å². The molecule has 3 nitrogen and oxygen atoms in total. The van der Waals surface area contributed by atoms with E-state index < -0.39 is 0 Å². The van der Waals surface area contributed by atoms with Gasteiger partial charge in [0.25, 0.3) is 0 Å². The summed E-state index contributed by atoms with van der Waals surface area (Å²) in [4.78, 5) is 0. The molecule has 0 atom stereocenters. The van der Waals surface area contributed by atoms with Crippen LogP contribution in [-0.4, -0.2) is 10.2 Å². The Kier molecular flexibility index (Phi) is 0.960. The highest BCUT2D eigenvalue weighted by Crippen LogP contribution is 2.08. The third-order valence-electron chi connectivity index (χ3n) is 1.50. The quantitative estimate of drug-likeness (QED) is 0.528. The number of nitrogens with one attached hydrogen (secondary N) is 1. The zero-order valence-electron chi connectivity index (χ0n) is 4.96. The SMILES string of the molecule is c1cc2c(nn1)CNC2. The standard InChI is InChI=1S/C6H7N3/c1-2-8-9-6-4-7-3-5(1)6/h1-2,7H,3-4H2. The number of fused-ring (bicyclic) bond motifs is 1. The molecule has 0 amide bonds. The van der Waals surface area contributed by atoms with Gasteiger partial charge in [0.1, 0.15) is 0 Å². The maximum absolute atomic E-state index is 3.95. The van der Waals surface area contributed by atoms with Crippen molar-refractivity contribution >= 4 is 0 Å². The van der Waals surface area contributed by atoms with Crippen molar-refractivity contribution in [2.45, 2.75) is 13.1 Å². The van der Waals surface area contributed by atoms with Crippen molar-refractivity contribution in [1.82, 2.24) is 15.5 Å². The molecule has 0 aromatic carbocycles. The van der Waals surface area contributed by atoms with Crippen molar-refractivity contribution in [1.29, 1.82) is 0 Å². The molecule has 1 aromatic rings. The smallest absolute Gasteiger partial charge is 0.0813 e. The maximum atomic E-state index is 3.95. The fourth-order valence-electron chi connectivity index (χ4n) is 1.01. The second-order valence-corrected chi connectivity index (χ2v) is 2.11. The van der Waals surface area contributed by atoms with E-state index in [1.54, 1.807) is 6.20 Å². The van der Waals surface area contributed by atoms with E-state index in [4.69, 9.17) is 0 Å². The van der Waals surface area contributed by atoms with Crippen molar-refractivity contribution in [2.75, 3.05) is 0 Å². The van der Waals surface area contributed by atoms with Gasteiger partial charge in [-0.3, -0.25) is 0 Å². The molecule has 0 bridgehead atoms. The van der Waals surface area contributed by atoms with Gasteiger partial charge in [0.15, 0.2) is 0 Å². The number of hydrogen-bond donors (Lipinski definition) is 1. The van der Waals surface area contributed by atoms with Crippen LogP contribution in [0.3, 0.4) is 0 Å². The Labute approximate surface area is 53.1 Å². The molecule has 0 spiro atoms. The van der Waals surface area contributed by atoms with Crippen molar-refractivity contribution in [3.8, 4) is 0 Å². The molecule has 1 aromatic heterocycles. The topological polar surface area (TPSA) is 37.8 Å². The summed E-state index contributed by atoms with van der Waals surface area (Å²) in [6, 6.07) is 2.00. The molecule has 0 unspecified atom stereocenters. The summed E-state index contributed by atoms with van der Waals surface area (Å²) in [5, 5.41) is 10.9. The molecule has 1 aliphatic rings. The largest absolute Gasteiger partial charge is 0.307 e. The molecule has 0 saturated heterocycles. The van der Waals surface area contributed by atoms with Crippen LogP contribution in [0.4, 0.5) is 0 Å². The van der Waals surface area contributed by atoms with E-state index >= 15 is 0 Å². The lowest BCUT2D eigenvalue weighted by atomic mass is 10.3. The summed E-state index contributed by atoms with van der Waals surface area (Å²) in [7, 11) is 0. The normalized spacial score (nSPS) is 15.6. The monoisotopic (exact) mass is 121 g/mol. The van der Waals surface area contributed by atoms with Crippen LogP contribution in [0.2, 0.25) is 0 Å². The fourth-order valence-corrected chi connectivity index (χ4v) is 1.01. The lowest BCUT2D eigenvalue weighted by Gasteiger charge is -1.89. The van der Waals surface area contributed by atoms with Gasteiger partial charge in [-0.25, -0.2) is 0 Å². The van der Waals surface area contributed by atoms with Gasteiger partial charge in [0, 0.05) is 19.3 Å². The van der Waals surface area contributed by atoms with Crippen LogP contribution in [-0.2, 0) is 13.1 Å². The molecule has 2 heterocycles. The van der Waals surface area contributed by atoms with E-state index in [9.17, 15) is 0 Å². The first kappa shape index (κ1) is 4.88. The van der Waals surface area contributed by atoms with Crippen LogP contribution >= 0.6 is 0 Å². The lowest BCUT2D eigenvalue weighted by molar-refractivity contribution is 0.752. The molecular formula is C6H7N3. The highest BCUT2D eigenvalue weighted by atomic mass is 15.1. The first-order chi connectivity index (χ1) is 4.47. The predicted molar refractivity (Wildman–Crippen MR) is 32.6 cm³/mol. The van der Waals surface area contributed by atoms with Crippen molar-refractivity contribution in [2.24, 2.45) is 0 Å². The summed E-state index contributed by atoms with van der Waals surface area (Å²) in [6.45, 7) is 1.83. The van der Waals surface area contributed by atoms with Gasteiger partial charge in [0.05, 0.1) is 5.69 Å². The third-order valence-corrected chi connectivity index (χ3v) is 1.50. The zero-order valence-corrected chi connectivity index (χ0v) is 4.96. The minimum absolute atomic E-state index is 0.878. The number of hydrogen-bond acceptors (Lipinski definition) is 3. The molecule has 2 rings (SSSR count). The van der Waals surface area contributed by atoms with Gasteiger partial charge < -0.3 is 5.32 Å². The summed E-state index contributed by atoms with van der Waals surface area (Å²) < 4.78 is 0. The molecule has 0 saturated carbocycles. The first-order valence-corrected chi connectivity index (χ1v) is 2.97. The van der Waals surface area contributed by atoms with E-state index in [2.05, 4.69) is 15.5 Å². The van der Waals surface area contributed by atoms with Crippen LogP contribution in [0, 0.1) is 0 Å². The molecule has 0 radical (unpaired) electrons. The Bertz CT molecular complexity index is 198. The Morgan fingerprint density at radius 2 is 2.44 bits per heavy atom. The molecule has 1 N–H and O–H groups in total. The van der Waals surface area contributed by atoms with Crippen LogP contribution in [0.15, 0.2) is 12.3 Å². The van der Waals surface area contributed by atoms with E-state index in [1.807, 2.05) is 6.07 Å². The Balaban J connectivity index is 2.54. The molecule has 3 heteroatoms. The highest BCUT2D eigenvalue weighted by molar-refractivity contribution is 5.20. The molecule has 0 fully saturated rings. The first-order valence-electron chi connectivity index (χ1n) is 2.97. The van der Waals surface area contributed by atoms with Gasteiger partial charge in [-0.05, 0) is 11.6 Å². The highest BCUT2D eigenvalue weighted by Gasteiger charge is 2.08. The van der Waals surface area contributed by atoms with Gasteiger partial charge >= 0.3 is 0 Å². The van der Waals surface area contributed by atoms with Gasteiger partial charge in [-0.15, -0.1) is 0 Å². The zero-order chi connectivity index (χ0) is 6.10. The Morgan fingerprint density at radius 3 is 3.33 bits per heavy atom. The summed E-state index contributed by atoms with van der Waals surface area (Å²) in [5.41, 5.74) is 2.38. The summed E-state index contributed by atoms with van der Waals surface area (Å²) in [5.74, 6) is 0. The van der Waals surface area contributed by atoms with Gasteiger partial charge in [-0.2, -0.15) is 10.2 Å². The third kappa shape index (κ3) is 0.695. The van der Waals surface area contributed by atoms with E-state index in [0.717, 1.165) is 18.8 Å². The Hall–Kier alpha value is -0.960. The summed E-state index contributed by atoms with van der Waals surface area (Å²) >= 11 is 0. The van der Waals surface area contributed by atoms with Gasteiger partial charge in [0.2, 0.25) is 0 Å². The summed E-state index contributed by atoms with van der Waals surface area (Å²) in [6.07, 6.45) is 1.73. The maximum Gasteiger partial charge on any atom is 0.0813 e. The average Bonchev–Trinajstić information content (AvgIpc) is 2.33. The number of aromatic nitrogens is 2. The average molecular weight is 121 g/mol. The van der Waals surface area contributed by atoms with Crippen molar-refractivity contribution in [3.05, 3.63) is 23.5 Å². The van der Waals surface area contributed by atoms with Crippen LogP contribution in [0.25, 0.3) is 0 Å². The van der Waals surface area contributed by atoms with Crippen molar-refractivity contribution in [3.63, 3.8) is 0 Å². The minimum Gasteiger partial charge on any atom is -0.307 e. The number of nitrogens with zero attached hydrogens (tertiary/aromatic N) is 2. The second kappa shape index (κ2) is 1.77. The Morgan fingerprint density at radius 1 is 1.44 bits per heavy atom.